The molecule has 0 bridgehead atoms. The van der Waals surface area contributed by atoms with Crippen molar-refractivity contribution in [1.29, 1.82) is 0 Å². The van der Waals surface area contributed by atoms with Gasteiger partial charge < -0.3 is 4.42 Å². The first-order chi connectivity index (χ1) is 33.1. The number of rotatable bonds is 4. The van der Waals surface area contributed by atoms with Gasteiger partial charge in [-0.1, -0.05) is 141 Å². The molecule has 0 saturated heterocycles. The molecule has 3 aromatic heterocycles. The zero-order valence-electron chi connectivity index (χ0n) is 38.5. The molecule has 0 N–H and O–H groups in total. The quantitative estimate of drug-likeness (QED) is 0.128. The molecule has 2 aliphatic rings. The van der Waals surface area contributed by atoms with E-state index >= 15 is 4.39 Å². The third-order valence-corrected chi connectivity index (χ3v) is 17.2. The second-order valence-electron chi connectivity index (χ2n) is 19.9. The monoisotopic (exact) mass is 895 g/mol. The average Bonchev–Trinajstić information content (AvgIpc) is 4.06. The van der Waals surface area contributed by atoms with Gasteiger partial charge >= 0.3 is 11.5 Å². The molecule has 14 rings (SSSR count). The molecule has 0 fully saturated rings. The Morgan fingerprint density at radius 1 is 0.559 bits per heavy atom. The van der Waals surface area contributed by atoms with Crippen LogP contribution in [0.3, 0.4) is 0 Å². The molecular formula is C62H46FN3OSi+2. The normalized spacial score (nSPS) is 15.0. The minimum atomic E-state index is -1.93. The van der Waals surface area contributed by atoms with Gasteiger partial charge in [0.15, 0.2) is 22.8 Å². The molecule has 0 radical (unpaired) electrons. The molecule has 0 saturated carbocycles. The number of hydrogen-bond acceptors (Lipinski definition) is 1. The van der Waals surface area contributed by atoms with Gasteiger partial charge in [0, 0.05) is 33.0 Å². The lowest BCUT2D eigenvalue weighted by atomic mass is 9.87. The van der Waals surface area contributed by atoms with Gasteiger partial charge in [-0.25, -0.2) is 4.39 Å². The van der Waals surface area contributed by atoms with Crippen molar-refractivity contribution >= 4 is 67.8 Å². The van der Waals surface area contributed by atoms with Crippen LogP contribution in [0.4, 0.5) is 4.39 Å². The van der Waals surface area contributed by atoms with Crippen LogP contribution in [0.1, 0.15) is 22.3 Å². The number of benzene rings is 9. The first-order valence-corrected chi connectivity index (χ1v) is 27.1. The Hall–Kier alpha value is -7.93. The van der Waals surface area contributed by atoms with Crippen molar-refractivity contribution in [3.8, 4) is 50.6 Å². The number of aromatic nitrogens is 3. The maximum absolute atomic E-state index is 17.5. The summed E-state index contributed by atoms with van der Waals surface area (Å²) in [5.41, 5.74) is 15.1. The van der Waals surface area contributed by atoms with Crippen LogP contribution in [0.25, 0.3) is 105 Å². The van der Waals surface area contributed by atoms with Gasteiger partial charge in [0.2, 0.25) is 5.69 Å². The van der Waals surface area contributed by atoms with E-state index in [0.29, 0.717) is 5.56 Å². The van der Waals surface area contributed by atoms with Crippen molar-refractivity contribution in [2.45, 2.75) is 39.2 Å². The number of halogens is 1. The minimum absolute atomic E-state index is 0.251. The van der Waals surface area contributed by atoms with E-state index in [1.54, 1.807) is 0 Å². The van der Waals surface area contributed by atoms with E-state index in [1.165, 1.54) is 32.6 Å². The van der Waals surface area contributed by atoms with Gasteiger partial charge in [-0.15, -0.1) is 9.13 Å². The van der Waals surface area contributed by atoms with Crippen LogP contribution in [-0.4, -0.2) is 12.6 Å². The molecule has 68 heavy (non-hydrogen) atoms. The standard InChI is InChI=1S/C62H46FN3OSi/c1-37-26-28-43(45-22-12-11-20-42(37)45)41-27-31-57-48(33-41)46-29-30-50-59(60(46)67-57)61-65(53-25-15-19-39-18-9-10-21-44(39)53)54-23-13-14-24-55(54)66(61)62(50)51-35-52(63)47(40-16-7-6-8-17-40)34-49(51)56-32-38(2)58(36-64(56)62)68(3,4)5/h6-36H,1-5H3/q+2. The van der Waals surface area contributed by atoms with E-state index in [-0.39, 0.29) is 5.82 Å². The minimum Gasteiger partial charge on any atom is -0.455 e. The Morgan fingerprint density at radius 2 is 1.31 bits per heavy atom. The summed E-state index contributed by atoms with van der Waals surface area (Å²) in [6.45, 7) is 11.7. The fraction of sp³-hybridized carbons (Fsp3) is 0.0968. The highest BCUT2D eigenvalue weighted by molar-refractivity contribution is 6.89. The SMILES string of the molecule is Cc1cc2[n+](cc1[Si](C)(C)C)C1(c3cc(F)c(-c4ccccc4)cc3-2)c2ccc3c(oc4ccc(-c5ccc(C)c6ccccc56)cc43)c2-c2n(-c3cccc4ccccc34)c3ccccc3[n+]21. The zero-order chi connectivity index (χ0) is 45.8. The van der Waals surface area contributed by atoms with E-state index < -0.39 is 13.7 Å². The average molecular weight is 896 g/mol. The molecule has 2 aliphatic heterocycles. The van der Waals surface area contributed by atoms with Gasteiger partial charge in [0.1, 0.15) is 22.7 Å². The van der Waals surface area contributed by atoms with Crippen LogP contribution in [0.15, 0.2) is 193 Å². The molecule has 1 unspecified atom stereocenters. The van der Waals surface area contributed by atoms with E-state index in [4.69, 9.17) is 4.42 Å². The Balaban J connectivity index is 1.16. The number of imidazole rings is 1. The Bertz CT molecular complexity index is 4170. The summed E-state index contributed by atoms with van der Waals surface area (Å²) in [5.74, 6) is 0.736. The van der Waals surface area contributed by atoms with Crippen molar-refractivity contribution in [1.82, 2.24) is 4.57 Å². The van der Waals surface area contributed by atoms with Crippen LogP contribution in [0.2, 0.25) is 19.6 Å². The molecule has 9 aromatic carbocycles. The smallest absolute Gasteiger partial charge is 0.365 e. The summed E-state index contributed by atoms with van der Waals surface area (Å²) in [7, 11) is -1.93. The first-order valence-electron chi connectivity index (χ1n) is 23.6. The van der Waals surface area contributed by atoms with Crippen LogP contribution in [-0.2, 0) is 5.66 Å². The van der Waals surface area contributed by atoms with E-state index in [9.17, 15) is 0 Å². The van der Waals surface area contributed by atoms with E-state index in [2.05, 4.69) is 199 Å². The number of nitrogens with zero attached hydrogens (tertiary/aromatic N) is 3. The van der Waals surface area contributed by atoms with Crippen LogP contribution in [0, 0.1) is 19.7 Å². The highest BCUT2D eigenvalue weighted by Crippen LogP contribution is 2.54. The van der Waals surface area contributed by atoms with Crippen LogP contribution in [0.5, 0.6) is 0 Å². The Kier molecular flexibility index (Phi) is 7.97. The summed E-state index contributed by atoms with van der Waals surface area (Å²) in [5, 5.41) is 8.25. The highest BCUT2D eigenvalue weighted by Gasteiger charge is 2.67. The second-order valence-corrected chi connectivity index (χ2v) is 25.0. The summed E-state index contributed by atoms with van der Waals surface area (Å²) in [4.78, 5) is 0. The second kappa shape index (κ2) is 13.8. The maximum atomic E-state index is 17.5. The molecule has 0 amide bonds. The van der Waals surface area contributed by atoms with Crippen molar-refractivity contribution in [3.63, 3.8) is 0 Å². The summed E-state index contributed by atoms with van der Waals surface area (Å²) in [6.07, 6.45) is 2.42. The summed E-state index contributed by atoms with van der Waals surface area (Å²) >= 11 is 0. The van der Waals surface area contributed by atoms with Crippen LogP contribution < -0.4 is 14.3 Å². The van der Waals surface area contributed by atoms with Crippen molar-refractivity contribution in [2.24, 2.45) is 0 Å². The molecule has 1 spiro atoms. The number of pyridine rings is 1. The predicted octanol–water partition coefficient (Wildman–Crippen LogP) is 14.3. The van der Waals surface area contributed by atoms with Gasteiger partial charge in [-0.2, -0.15) is 4.57 Å². The van der Waals surface area contributed by atoms with E-state index in [1.807, 2.05) is 36.4 Å². The first kappa shape index (κ1) is 39.3. The van der Waals surface area contributed by atoms with Gasteiger partial charge in [0.25, 0.3) is 0 Å². The molecule has 1 atom stereocenters. The van der Waals surface area contributed by atoms with Gasteiger partial charge in [-0.3, -0.25) is 0 Å². The number of aryl methyl sites for hydroxylation is 2. The lowest BCUT2D eigenvalue weighted by Crippen LogP contribution is -2.72. The highest BCUT2D eigenvalue weighted by atomic mass is 28.3. The molecule has 324 valence electrons. The number of hydrogen-bond donors (Lipinski definition) is 0. The molecule has 5 heterocycles. The largest absolute Gasteiger partial charge is 0.455 e. The fourth-order valence-electron chi connectivity index (χ4n) is 12.2. The molecule has 0 aliphatic carbocycles. The molecular weight excluding hydrogens is 850 g/mol. The van der Waals surface area contributed by atoms with Gasteiger partial charge in [0.05, 0.1) is 24.8 Å². The third-order valence-electron chi connectivity index (χ3n) is 15.1. The van der Waals surface area contributed by atoms with Crippen molar-refractivity contribution in [3.05, 3.63) is 216 Å². The van der Waals surface area contributed by atoms with Gasteiger partial charge in [-0.05, 0) is 112 Å². The molecule has 6 heteroatoms. The fourth-order valence-corrected chi connectivity index (χ4v) is 13.9. The number of furan rings is 1. The zero-order valence-corrected chi connectivity index (χ0v) is 39.5. The van der Waals surface area contributed by atoms with Crippen molar-refractivity contribution in [2.75, 3.05) is 0 Å². The summed E-state index contributed by atoms with van der Waals surface area (Å²) < 4.78 is 32.3. The maximum Gasteiger partial charge on any atom is 0.365 e. The lowest BCUT2D eigenvalue weighted by Gasteiger charge is -2.23. The molecule has 4 nitrogen and oxygen atoms in total. The Labute approximate surface area is 394 Å². The predicted molar refractivity (Wildman–Crippen MR) is 278 cm³/mol. The number of fused-ring (bicyclic) bond motifs is 18. The Morgan fingerprint density at radius 3 is 2.15 bits per heavy atom. The topological polar surface area (TPSA) is 25.8 Å². The number of para-hydroxylation sites is 2. The lowest BCUT2D eigenvalue weighted by molar-refractivity contribution is -0.944. The molecule has 12 aromatic rings. The van der Waals surface area contributed by atoms with Crippen LogP contribution >= 0.6 is 0 Å². The van der Waals surface area contributed by atoms with Crippen molar-refractivity contribution < 1.29 is 17.9 Å². The summed E-state index contributed by atoms with van der Waals surface area (Å²) in [6, 6.07) is 64.6. The van der Waals surface area contributed by atoms with E-state index in [0.717, 1.165) is 94.3 Å². The third kappa shape index (κ3) is 5.13.